The average molecular weight is 322 g/mol. The molecule has 1 aliphatic rings. The Balaban J connectivity index is 2.45. The summed E-state index contributed by atoms with van der Waals surface area (Å²) in [5, 5.41) is 0. The minimum absolute atomic E-state index is 0.116. The van der Waals surface area contributed by atoms with Gasteiger partial charge in [-0.25, -0.2) is 4.79 Å². The third-order valence-corrected chi connectivity index (χ3v) is 3.90. The van der Waals surface area contributed by atoms with Gasteiger partial charge in [-0.2, -0.15) is 0 Å². The van der Waals surface area contributed by atoms with E-state index >= 15 is 0 Å². The molecule has 23 heavy (non-hydrogen) atoms. The summed E-state index contributed by atoms with van der Waals surface area (Å²) in [5.74, 6) is -0.859. The summed E-state index contributed by atoms with van der Waals surface area (Å²) in [6.07, 6.45) is 9.25. The molecule has 0 fully saturated rings. The van der Waals surface area contributed by atoms with Crippen molar-refractivity contribution in [3.05, 3.63) is 23.3 Å². The normalized spacial score (nSPS) is 18.0. The predicted octanol–water partition coefficient (Wildman–Crippen LogP) is 4.49. The van der Waals surface area contributed by atoms with Gasteiger partial charge in [-0.15, -0.1) is 0 Å². The molecule has 1 aliphatic carbocycles. The van der Waals surface area contributed by atoms with Crippen LogP contribution >= 0.6 is 0 Å². The van der Waals surface area contributed by atoms with Crippen molar-refractivity contribution in [1.82, 2.24) is 0 Å². The molecule has 1 atom stereocenters. The second-order valence-electron chi connectivity index (χ2n) is 6.82. The molecule has 0 saturated heterocycles. The number of allylic oxidation sites excluding steroid dienone is 3. The maximum Gasteiger partial charge on any atom is 0.350 e. The summed E-state index contributed by atoms with van der Waals surface area (Å²) in [6.45, 7) is 9.07. The van der Waals surface area contributed by atoms with E-state index in [9.17, 15) is 9.59 Å². The summed E-state index contributed by atoms with van der Waals surface area (Å²) in [7, 11) is 0. The zero-order chi connectivity index (χ0) is 17.5. The number of carbonyl (C=O) groups is 2. The lowest BCUT2D eigenvalue weighted by Gasteiger charge is -2.28. The van der Waals surface area contributed by atoms with Crippen molar-refractivity contribution in [3.8, 4) is 0 Å². The summed E-state index contributed by atoms with van der Waals surface area (Å²) >= 11 is 0. The summed E-state index contributed by atoms with van der Waals surface area (Å²) in [5.41, 5.74) is 1.56. The first-order valence-corrected chi connectivity index (χ1v) is 8.48. The maximum absolute atomic E-state index is 12.2. The molecule has 4 nitrogen and oxygen atoms in total. The van der Waals surface area contributed by atoms with E-state index in [0.717, 1.165) is 32.1 Å². The molecule has 0 radical (unpaired) electrons. The van der Waals surface area contributed by atoms with Gasteiger partial charge in [-0.05, 0) is 53.4 Å². The zero-order valence-electron chi connectivity index (χ0n) is 15.1. The van der Waals surface area contributed by atoms with Gasteiger partial charge in [0.2, 0.25) is 5.60 Å². The molecule has 130 valence electrons. The van der Waals surface area contributed by atoms with Crippen molar-refractivity contribution in [3.63, 3.8) is 0 Å². The molecule has 0 aromatic heterocycles. The Morgan fingerprint density at radius 1 is 1.35 bits per heavy atom. The zero-order valence-corrected chi connectivity index (χ0v) is 15.1. The van der Waals surface area contributed by atoms with Gasteiger partial charge in [-0.1, -0.05) is 30.2 Å². The van der Waals surface area contributed by atoms with Gasteiger partial charge >= 0.3 is 11.9 Å². The molecule has 0 heterocycles. The van der Waals surface area contributed by atoms with Crippen LogP contribution in [0.5, 0.6) is 0 Å². The highest BCUT2D eigenvalue weighted by atomic mass is 16.6. The number of carbonyl (C=O) groups excluding carboxylic acids is 2. The molecule has 0 amide bonds. The molecule has 1 rings (SSSR count). The fourth-order valence-electron chi connectivity index (χ4n) is 2.44. The Morgan fingerprint density at radius 2 is 2.04 bits per heavy atom. The first kappa shape index (κ1) is 19.5. The van der Waals surface area contributed by atoms with Gasteiger partial charge < -0.3 is 9.47 Å². The molecule has 0 N–H and O–H groups in total. The standard InChI is InChI=1S/C19H30O4/c1-6-17(20)23-19(4,5)18(21)22-16-12-10-15(11-13-16)9-7-8-14(2)3/h8,10,16H,6-7,9,11-13H2,1-5H3. The van der Waals surface area contributed by atoms with E-state index in [1.165, 1.54) is 11.1 Å². The van der Waals surface area contributed by atoms with Crippen LogP contribution in [0.15, 0.2) is 23.3 Å². The van der Waals surface area contributed by atoms with Crippen LogP contribution in [-0.2, 0) is 19.1 Å². The highest BCUT2D eigenvalue weighted by molar-refractivity contribution is 5.82. The quantitative estimate of drug-likeness (QED) is 0.512. The van der Waals surface area contributed by atoms with Crippen LogP contribution in [-0.4, -0.2) is 23.6 Å². The topological polar surface area (TPSA) is 52.6 Å². The molecule has 0 aromatic carbocycles. The highest BCUT2D eigenvalue weighted by Crippen LogP contribution is 2.26. The summed E-state index contributed by atoms with van der Waals surface area (Å²) < 4.78 is 10.7. The SMILES string of the molecule is CCC(=O)OC(C)(C)C(=O)OC1CC=C(CCC=C(C)C)CC1. The Labute approximate surface area is 139 Å². The van der Waals surface area contributed by atoms with Crippen molar-refractivity contribution in [2.24, 2.45) is 0 Å². The number of hydrogen-bond acceptors (Lipinski definition) is 4. The molecule has 0 bridgehead atoms. The Bertz CT molecular complexity index is 482. The largest absolute Gasteiger partial charge is 0.459 e. The number of ether oxygens (including phenoxy) is 2. The number of esters is 2. The summed E-state index contributed by atoms with van der Waals surface area (Å²) in [6, 6.07) is 0. The Kier molecular flexibility index (Phi) is 7.53. The summed E-state index contributed by atoms with van der Waals surface area (Å²) in [4.78, 5) is 23.6. The van der Waals surface area contributed by atoms with Crippen molar-refractivity contribution in [2.75, 3.05) is 0 Å². The Morgan fingerprint density at radius 3 is 2.57 bits per heavy atom. The van der Waals surface area contributed by atoms with E-state index in [0.29, 0.717) is 0 Å². The lowest BCUT2D eigenvalue weighted by molar-refractivity contribution is -0.182. The minimum atomic E-state index is -1.22. The molecule has 0 saturated carbocycles. The van der Waals surface area contributed by atoms with Crippen molar-refractivity contribution in [1.29, 1.82) is 0 Å². The average Bonchev–Trinajstić information content (AvgIpc) is 2.48. The van der Waals surface area contributed by atoms with Gasteiger partial charge in [0.05, 0.1) is 0 Å². The van der Waals surface area contributed by atoms with Gasteiger partial charge in [0, 0.05) is 12.8 Å². The van der Waals surface area contributed by atoms with E-state index in [4.69, 9.17) is 9.47 Å². The second-order valence-corrected chi connectivity index (χ2v) is 6.82. The third-order valence-electron chi connectivity index (χ3n) is 3.90. The van der Waals surface area contributed by atoms with Gasteiger partial charge in [-0.3, -0.25) is 4.79 Å². The number of hydrogen-bond donors (Lipinski definition) is 0. The van der Waals surface area contributed by atoms with E-state index in [-0.39, 0.29) is 12.5 Å². The van der Waals surface area contributed by atoms with Crippen molar-refractivity contribution >= 4 is 11.9 Å². The van der Waals surface area contributed by atoms with Gasteiger partial charge in [0.1, 0.15) is 6.10 Å². The monoisotopic (exact) mass is 322 g/mol. The van der Waals surface area contributed by atoms with Crippen LogP contribution in [0.25, 0.3) is 0 Å². The lowest BCUT2D eigenvalue weighted by atomic mass is 9.93. The van der Waals surface area contributed by atoms with Gasteiger partial charge in [0.15, 0.2) is 0 Å². The van der Waals surface area contributed by atoms with Crippen LogP contribution in [0.1, 0.15) is 73.1 Å². The van der Waals surface area contributed by atoms with Crippen molar-refractivity contribution in [2.45, 2.75) is 84.8 Å². The minimum Gasteiger partial charge on any atom is -0.459 e. The van der Waals surface area contributed by atoms with Crippen molar-refractivity contribution < 1.29 is 19.1 Å². The first-order valence-electron chi connectivity index (χ1n) is 8.48. The number of rotatable bonds is 7. The molecular formula is C19H30O4. The third kappa shape index (κ3) is 7.02. The first-order chi connectivity index (χ1) is 10.7. The predicted molar refractivity (Wildman–Crippen MR) is 90.9 cm³/mol. The smallest absolute Gasteiger partial charge is 0.350 e. The fraction of sp³-hybridized carbons (Fsp3) is 0.684. The van der Waals surface area contributed by atoms with Crippen LogP contribution in [0.2, 0.25) is 0 Å². The van der Waals surface area contributed by atoms with Crippen LogP contribution in [0, 0.1) is 0 Å². The highest BCUT2D eigenvalue weighted by Gasteiger charge is 2.35. The van der Waals surface area contributed by atoms with E-state index in [1.807, 2.05) is 0 Å². The molecule has 4 heteroatoms. The maximum atomic E-state index is 12.2. The Hall–Kier alpha value is -1.58. The van der Waals surface area contributed by atoms with E-state index in [1.54, 1.807) is 20.8 Å². The molecular weight excluding hydrogens is 292 g/mol. The van der Waals surface area contributed by atoms with E-state index in [2.05, 4.69) is 26.0 Å². The van der Waals surface area contributed by atoms with E-state index < -0.39 is 17.5 Å². The molecule has 0 aliphatic heterocycles. The lowest BCUT2D eigenvalue weighted by Crippen LogP contribution is -2.40. The molecule has 0 aromatic rings. The van der Waals surface area contributed by atoms with Crippen LogP contribution in [0.4, 0.5) is 0 Å². The second kappa shape index (κ2) is 8.90. The molecule has 1 unspecified atom stereocenters. The van der Waals surface area contributed by atoms with Crippen LogP contribution in [0.3, 0.4) is 0 Å². The van der Waals surface area contributed by atoms with Gasteiger partial charge in [0.25, 0.3) is 0 Å². The fourth-order valence-corrected chi connectivity index (χ4v) is 2.44. The van der Waals surface area contributed by atoms with Crippen LogP contribution < -0.4 is 0 Å². The molecule has 0 spiro atoms.